The second-order valence-electron chi connectivity index (χ2n) is 4.19. The standard InChI is InChI=1S/C13H17NO3S/c1-15-12-7-9(13(14)18)4-5-11(12)17-10-3-2-6-16-8-10/h4-5,7,10H,2-3,6,8H2,1H3,(H2,14,18). The molecular weight excluding hydrogens is 250 g/mol. The molecule has 1 aromatic carbocycles. The van der Waals surface area contributed by atoms with Crippen LogP contribution in [0.25, 0.3) is 0 Å². The average molecular weight is 267 g/mol. The normalized spacial score (nSPS) is 19.3. The van der Waals surface area contributed by atoms with E-state index < -0.39 is 0 Å². The fourth-order valence-electron chi connectivity index (χ4n) is 1.90. The highest BCUT2D eigenvalue weighted by molar-refractivity contribution is 7.80. The lowest BCUT2D eigenvalue weighted by Crippen LogP contribution is -2.28. The Labute approximate surface area is 112 Å². The van der Waals surface area contributed by atoms with Crippen LogP contribution < -0.4 is 15.2 Å². The highest BCUT2D eigenvalue weighted by Crippen LogP contribution is 2.30. The van der Waals surface area contributed by atoms with Gasteiger partial charge in [0.1, 0.15) is 11.1 Å². The van der Waals surface area contributed by atoms with E-state index in [9.17, 15) is 0 Å². The Balaban J connectivity index is 2.13. The smallest absolute Gasteiger partial charge is 0.161 e. The molecule has 0 radical (unpaired) electrons. The lowest BCUT2D eigenvalue weighted by molar-refractivity contribution is 0.00644. The number of thiocarbonyl (C=S) groups is 1. The molecule has 1 aromatic rings. The van der Waals surface area contributed by atoms with Gasteiger partial charge >= 0.3 is 0 Å². The molecule has 5 heteroatoms. The first kappa shape index (κ1) is 13.1. The van der Waals surface area contributed by atoms with E-state index in [0.717, 1.165) is 25.0 Å². The zero-order valence-electron chi connectivity index (χ0n) is 10.3. The molecule has 0 aromatic heterocycles. The summed E-state index contributed by atoms with van der Waals surface area (Å²) in [6.07, 6.45) is 2.11. The van der Waals surface area contributed by atoms with Crippen LogP contribution in [0.2, 0.25) is 0 Å². The molecule has 2 rings (SSSR count). The Morgan fingerprint density at radius 1 is 1.44 bits per heavy atom. The molecule has 0 aliphatic carbocycles. The van der Waals surface area contributed by atoms with Crippen molar-refractivity contribution in [2.45, 2.75) is 18.9 Å². The molecule has 2 N–H and O–H groups in total. The van der Waals surface area contributed by atoms with E-state index >= 15 is 0 Å². The van der Waals surface area contributed by atoms with Crippen LogP contribution in [0.4, 0.5) is 0 Å². The minimum absolute atomic E-state index is 0.0864. The predicted molar refractivity (Wildman–Crippen MR) is 73.4 cm³/mol. The van der Waals surface area contributed by atoms with Crippen LogP contribution >= 0.6 is 12.2 Å². The minimum atomic E-state index is 0.0864. The van der Waals surface area contributed by atoms with Crippen molar-refractivity contribution in [2.24, 2.45) is 5.73 Å². The molecule has 1 aliphatic heterocycles. The van der Waals surface area contributed by atoms with Gasteiger partial charge in [0.15, 0.2) is 11.5 Å². The summed E-state index contributed by atoms with van der Waals surface area (Å²) in [5.74, 6) is 1.35. The summed E-state index contributed by atoms with van der Waals surface area (Å²) in [5, 5.41) is 0. The zero-order valence-corrected chi connectivity index (χ0v) is 11.2. The Morgan fingerprint density at radius 3 is 2.89 bits per heavy atom. The monoisotopic (exact) mass is 267 g/mol. The largest absolute Gasteiger partial charge is 0.493 e. The summed E-state index contributed by atoms with van der Waals surface area (Å²) < 4.78 is 16.6. The molecule has 0 amide bonds. The van der Waals surface area contributed by atoms with Crippen LogP contribution in [0, 0.1) is 0 Å². The van der Waals surface area contributed by atoms with Crippen molar-refractivity contribution in [2.75, 3.05) is 20.3 Å². The molecule has 0 spiro atoms. The Kier molecular flexibility index (Phi) is 4.38. The maximum absolute atomic E-state index is 5.88. The van der Waals surface area contributed by atoms with E-state index in [1.807, 2.05) is 12.1 Å². The van der Waals surface area contributed by atoms with Crippen molar-refractivity contribution in [1.82, 2.24) is 0 Å². The van der Waals surface area contributed by atoms with Gasteiger partial charge in [-0.05, 0) is 31.0 Å². The van der Waals surface area contributed by atoms with E-state index in [1.54, 1.807) is 13.2 Å². The number of nitrogens with two attached hydrogens (primary N) is 1. The highest BCUT2D eigenvalue weighted by Gasteiger charge is 2.17. The maximum Gasteiger partial charge on any atom is 0.161 e. The predicted octanol–water partition coefficient (Wildman–Crippen LogP) is 1.89. The van der Waals surface area contributed by atoms with Crippen molar-refractivity contribution in [3.8, 4) is 11.5 Å². The fraction of sp³-hybridized carbons (Fsp3) is 0.462. The van der Waals surface area contributed by atoms with Crippen molar-refractivity contribution >= 4 is 17.2 Å². The van der Waals surface area contributed by atoms with E-state index in [0.29, 0.717) is 23.1 Å². The second-order valence-corrected chi connectivity index (χ2v) is 4.63. The molecule has 1 saturated heterocycles. The van der Waals surface area contributed by atoms with Gasteiger partial charge in [-0.1, -0.05) is 12.2 Å². The third kappa shape index (κ3) is 3.11. The molecule has 98 valence electrons. The molecule has 0 bridgehead atoms. The number of benzene rings is 1. The van der Waals surface area contributed by atoms with Gasteiger partial charge in [0.25, 0.3) is 0 Å². The summed E-state index contributed by atoms with van der Waals surface area (Å²) in [4.78, 5) is 0.348. The van der Waals surface area contributed by atoms with Crippen LogP contribution in [0.1, 0.15) is 18.4 Å². The summed E-state index contributed by atoms with van der Waals surface area (Å²) in [5.41, 5.74) is 6.36. The van der Waals surface area contributed by atoms with E-state index in [1.165, 1.54) is 0 Å². The SMILES string of the molecule is COc1cc(C(N)=S)ccc1OC1CCCOC1. The van der Waals surface area contributed by atoms with Gasteiger partial charge in [-0.25, -0.2) is 0 Å². The number of hydrogen-bond acceptors (Lipinski definition) is 4. The Morgan fingerprint density at radius 2 is 2.28 bits per heavy atom. The molecule has 4 nitrogen and oxygen atoms in total. The summed E-state index contributed by atoms with van der Waals surface area (Å²) in [6, 6.07) is 5.47. The molecule has 1 aliphatic rings. The fourth-order valence-corrected chi connectivity index (χ4v) is 2.03. The van der Waals surface area contributed by atoms with E-state index in [4.69, 9.17) is 32.2 Å². The quantitative estimate of drug-likeness (QED) is 0.844. The molecule has 0 saturated carbocycles. The molecule has 1 fully saturated rings. The zero-order chi connectivity index (χ0) is 13.0. The van der Waals surface area contributed by atoms with Crippen molar-refractivity contribution in [3.05, 3.63) is 23.8 Å². The van der Waals surface area contributed by atoms with Crippen molar-refractivity contribution in [3.63, 3.8) is 0 Å². The summed E-state index contributed by atoms with van der Waals surface area (Å²) in [6.45, 7) is 1.44. The lowest BCUT2D eigenvalue weighted by Gasteiger charge is -2.24. The van der Waals surface area contributed by atoms with Crippen molar-refractivity contribution in [1.29, 1.82) is 0 Å². The van der Waals surface area contributed by atoms with Crippen LogP contribution in [-0.4, -0.2) is 31.4 Å². The summed E-state index contributed by atoms with van der Waals surface area (Å²) >= 11 is 4.94. The van der Waals surface area contributed by atoms with Gasteiger partial charge in [-0.15, -0.1) is 0 Å². The molecule has 18 heavy (non-hydrogen) atoms. The van der Waals surface area contributed by atoms with Gasteiger partial charge < -0.3 is 19.9 Å². The second kappa shape index (κ2) is 6.02. The van der Waals surface area contributed by atoms with Crippen LogP contribution in [0.15, 0.2) is 18.2 Å². The maximum atomic E-state index is 5.88. The minimum Gasteiger partial charge on any atom is -0.493 e. The van der Waals surface area contributed by atoms with Gasteiger partial charge in [0.2, 0.25) is 0 Å². The Hall–Kier alpha value is -1.33. The molecule has 1 unspecified atom stereocenters. The Bertz CT molecular complexity index is 430. The first-order valence-corrected chi connectivity index (χ1v) is 6.34. The third-order valence-corrected chi connectivity index (χ3v) is 3.10. The molecular formula is C13H17NO3S. The first-order chi connectivity index (χ1) is 8.70. The lowest BCUT2D eigenvalue weighted by atomic mass is 10.1. The molecule has 1 heterocycles. The number of ether oxygens (including phenoxy) is 3. The van der Waals surface area contributed by atoms with Crippen LogP contribution in [0.3, 0.4) is 0 Å². The number of methoxy groups -OCH3 is 1. The van der Waals surface area contributed by atoms with Gasteiger partial charge in [-0.3, -0.25) is 0 Å². The van der Waals surface area contributed by atoms with E-state index in [2.05, 4.69) is 0 Å². The first-order valence-electron chi connectivity index (χ1n) is 5.93. The van der Waals surface area contributed by atoms with Gasteiger partial charge in [0, 0.05) is 12.2 Å². The topological polar surface area (TPSA) is 53.7 Å². The van der Waals surface area contributed by atoms with Crippen molar-refractivity contribution < 1.29 is 14.2 Å². The highest BCUT2D eigenvalue weighted by atomic mass is 32.1. The molecule has 1 atom stereocenters. The van der Waals surface area contributed by atoms with Gasteiger partial charge in [-0.2, -0.15) is 0 Å². The average Bonchev–Trinajstić information content (AvgIpc) is 2.40. The third-order valence-electron chi connectivity index (χ3n) is 2.86. The number of rotatable bonds is 4. The van der Waals surface area contributed by atoms with Crippen LogP contribution in [0.5, 0.6) is 11.5 Å². The summed E-state index contributed by atoms with van der Waals surface area (Å²) in [7, 11) is 1.60. The number of hydrogen-bond donors (Lipinski definition) is 1. The van der Waals surface area contributed by atoms with E-state index in [-0.39, 0.29) is 6.10 Å². The van der Waals surface area contributed by atoms with Gasteiger partial charge in [0.05, 0.1) is 13.7 Å². The van der Waals surface area contributed by atoms with Crippen LogP contribution in [-0.2, 0) is 4.74 Å².